The van der Waals surface area contributed by atoms with Gasteiger partial charge in [0.2, 0.25) is 5.95 Å². The third-order valence-electron chi connectivity index (χ3n) is 3.28. The third kappa shape index (κ3) is 2.83. The summed E-state index contributed by atoms with van der Waals surface area (Å²) in [5, 5.41) is 3.19. The SMILES string of the molecule is CC(C)Nc1nc2ccc(C(=O)c3ccc(F)cc3)cc2[nH]1. The van der Waals surface area contributed by atoms with Gasteiger partial charge in [-0.3, -0.25) is 4.79 Å². The lowest BCUT2D eigenvalue weighted by Crippen LogP contribution is -2.10. The average Bonchev–Trinajstić information content (AvgIpc) is 2.87. The topological polar surface area (TPSA) is 57.8 Å². The first-order valence-electron chi connectivity index (χ1n) is 7.09. The van der Waals surface area contributed by atoms with Gasteiger partial charge in [-0.15, -0.1) is 0 Å². The van der Waals surface area contributed by atoms with Crippen LogP contribution >= 0.6 is 0 Å². The van der Waals surface area contributed by atoms with E-state index >= 15 is 0 Å². The number of halogens is 1. The number of fused-ring (bicyclic) bond motifs is 1. The highest BCUT2D eigenvalue weighted by molar-refractivity contribution is 6.10. The molecule has 22 heavy (non-hydrogen) atoms. The normalized spacial score (nSPS) is 11.1. The third-order valence-corrected chi connectivity index (χ3v) is 3.28. The van der Waals surface area contributed by atoms with Crippen molar-refractivity contribution in [1.82, 2.24) is 9.97 Å². The van der Waals surface area contributed by atoms with E-state index < -0.39 is 0 Å². The molecule has 0 saturated heterocycles. The van der Waals surface area contributed by atoms with Crippen LogP contribution in [0.25, 0.3) is 11.0 Å². The van der Waals surface area contributed by atoms with Crippen LogP contribution in [0.15, 0.2) is 42.5 Å². The largest absolute Gasteiger partial charge is 0.354 e. The lowest BCUT2D eigenvalue weighted by atomic mass is 10.0. The van der Waals surface area contributed by atoms with Gasteiger partial charge >= 0.3 is 0 Å². The van der Waals surface area contributed by atoms with E-state index in [-0.39, 0.29) is 17.6 Å². The molecule has 3 aromatic rings. The first-order valence-corrected chi connectivity index (χ1v) is 7.09. The molecule has 0 atom stereocenters. The van der Waals surface area contributed by atoms with Crippen LogP contribution in [0.3, 0.4) is 0 Å². The summed E-state index contributed by atoms with van der Waals surface area (Å²) in [7, 11) is 0. The number of imidazole rings is 1. The van der Waals surface area contributed by atoms with Gasteiger partial charge in [0.1, 0.15) is 5.82 Å². The van der Waals surface area contributed by atoms with Crippen LogP contribution in [0.1, 0.15) is 29.8 Å². The van der Waals surface area contributed by atoms with Crippen molar-refractivity contribution < 1.29 is 9.18 Å². The number of aromatic amines is 1. The molecule has 5 heteroatoms. The summed E-state index contributed by atoms with van der Waals surface area (Å²) < 4.78 is 12.9. The highest BCUT2D eigenvalue weighted by atomic mass is 19.1. The molecule has 1 aromatic heterocycles. The van der Waals surface area contributed by atoms with E-state index in [1.54, 1.807) is 18.2 Å². The van der Waals surface area contributed by atoms with E-state index in [9.17, 15) is 9.18 Å². The Morgan fingerprint density at radius 3 is 2.50 bits per heavy atom. The van der Waals surface area contributed by atoms with Gasteiger partial charge in [0.15, 0.2) is 5.78 Å². The maximum Gasteiger partial charge on any atom is 0.201 e. The zero-order chi connectivity index (χ0) is 15.7. The standard InChI is InChI=1S/C17H16FN3O/c1-10(2)19-17-20-14-8-5-12(9-15(14)21-17)16(22)11-3-6-13(18)7-4-11/h3-10H,1-2H3,(H2,19,20,21). The molecule has 0 amide bonds. The Hall–Kier alpha value is -2.69. The molecule has 2 aromatic carbocycles. The first-order chi connectivity index (χ1) is 10.5. The molecule has 0 radical (unpaired) electrons. The van der Waals surface area contributed by atoms with Gasteiger partial charge in [-0.05, 0) is 56.3 Å². The van der Waals surface area contributed by atoms with Crippen molar-refractivity contribution in [2.24, 2.45) is 0 Å². The maximum atomic E-state index is 12.9. The smallest absolute Gasteiger partial charge is 0.201 e. The zero-order valence-electron chi connectivity index (χ0n) is 12.4. The summed E-state index contributed by atoms with van der Waals surface area (Å²) in [6.45, 7) is 4.05. The number of hydrogen-bond donors (Lipinski definition) is 2. The van der Waals surface area contributed by atoms with Crippen molar-refractivity contribution in [3.05, 3.63) is 59.4 Å². The van der Waals surface area contributed by atoms with Crippen molar-refractivity contribution in [2.75, 3.05) is 5.32 Å². The molecular formula is C17H16FN3O. The second-order valence-electron chi connectivity index (χ2n) is 5.45. The van der Waals surface area contributed by atoms with Gasteiger partial charge < -0.3 is 10.3 Å². The first kappa shape index (κ1) is 14.3. The van der Waals surface area contributed by atoms with Gasteiger partial charge in [0, 0.05) is 17.2 Å². The second kappa shape index (κ2) is 5.60. The second-order valence-corrected chi connectivity index (χ2v) is 5.45. The Morgan fingerprint density at radius 1 is 1.14 bits per heavy atom. The number of aromatic nitrogens is 2. The number of rotatable bonds is 4. The fourth-order valence-electron chi connectivity index (χ4n) is 2.26. The van der Waals surface area contributed by atoms with Crippen LogP contribution in [-0.4, -0.2) is 21.8 Å². The molecule has 0 fully saturated rings. The lowest BCUT2D eigenvalue weighted by Gasteiger charge is -2.04. The molecule has 3 rings (SSSR count). The molecular weight excluding hydrogens is 281 g/mol. The molecule has 4 nitrogen and oxygen atoms in total. The summed E-state index contributed by atoms with van der Waals surface area (Å²) >= 11 is 0. The molecule has 0 spiro atoms. The Morgan fingerprint density at radius 2 is 1.82 bits per heavy atom. The van der Waals surface area contributed by atoms with Gasteiger partial charge in [-0.25, -0.2) is 9.37 Å². The number of benzene rings is 2. The summed E-state index contributed by atoms with van der Waals surface area (Å²) in [4.78, 5) is 20.0. The molecule has 0 saturated carbocycles. The number of hydrogen-bond acceptors (Lipinski definition) is 3. The van der Waals surface area contributed by atoms with Crippen molar-refractivity contribution >= 4 is 22.8 Å². The van der Waals surface area contributed by atoms with Crippen LogP contribution in [-0.2, 0) is 0 Å². The van der Waals surface area contributed by atoms with Gasteiger partial charge in [0.05, 0.1) is 11.0 Å². The number of carbonyl (C=O) groups excluding carboxylic acids is 1. The molecule has 0 aliphatic rings. The zero-order valence-corrected chi connectivity index (χ0v) is 12.4. The number of ketones is 1. The number of anilines is 1. The van der Waals surface area contributed by atoms with Crippen LogP contribution in [0, 0.1) is 5.82 Å². The van der Waals surface area contributed by atoms with E-state index in [4.69, 9.17) is 0 Å². The predicted molar refractivity (Wildman–Crippen MR) is 84.7 cm³/mol. The minimum absolute atomic E-state index is 0.144. The van der Waals surface area contributed by atoms with Crippen molar-refractivity contribution in [2.45, 2.75) is 19.9 Å². The average molecular weight is 297 g/mol. The van der Waals surface area contributed by atoms with E-state index in [2.05, 4.69) is 15.3 Å². The molecule has 0 unspecified atom stereocenters. The van der Waals surface area contributed by atoms with E-state index in [0.29, 0.717) is 17.1 Å². The van der Waals surface area contributed by atoms with Crippen molar-refractivity contribution in [1.29, 1.82) is 0 Å². The molecule has 112 valence electrons. The summed E-state index contributed by atoms with van der Waals surface area (Å²) in [6, 6.07) is 11.1. The number of carbonyl (C=O) groups is 1. The summed E-state index contributed by atoms with van der Waals surface area (Å²) in [6.07, 6.45) is 0. The highest BCUT2D eigenvalue weighted by Gasteiger charge is 2.11. The van der Waals surface area contributed by atoms with Crippen molar-refractivity contribution in [3.8, 4) is 0 Å². The minimum atomic E-state index is -0.357. The van der Waals surface area contributed by atoms with E-state index in [0.717, 1.165) is 11.0 Å². The van der Waals surface area contributed by atoms with E-state index in [1.165, 1.54) is 24.3 Å². The Balaban J connectivity index is 1.94. The fourth-order valence-corrected chi connectivity index (χ4v) is 2.26. The number of H-pyrrole nitrogens is 1. The van der Waals surface area contributed by atoms with Gasteiger partial charge in [0.25, 0.3) is 0 Å². The quantitative estimate of drug-likeness (QED) is 0.721. The Labute approximate surface area is 127 Å². The molecule has 0 aliphatic carbocycles. The van der Waals surface area contributed by atoms with Crippen LogP contribution in [0.2, 0.25) is 0 Å². The van der Waals surface area contributed by atoms with Gasteiger partial charge in [-0.1, -0.05) is 0 Å². The number of nitrogens with zero attached hydrogens (tertiary/aromatic N) is 1. The highest BCUT2D eigenvalue weighted by Crippen LogP contribution is 2.19. The fraction of sp³-hybridized carbons (Fsp3) is 0.176. The van der Waals surface area contributed by atoms with Crippen molar-refractivity contribution in [3.63, 3.8) is 0 Å². The molecule has 2 N–H and O–H groups in total. The monoisotopic (exact) mass is 297 g/mol. The summed E-state index contributed by atoms with van der Waals surface area (Å²) in [5.74, 6) is 0.177. The van der Waals surface area contributed by atoms with Crippen LogP contribution in [0.4, 0.5) is 10.3 Å². The maximum absolute atomic E-state index is 12.9. The lowest BCUT2D eigenvalue weighted by molar-refractivity contribution is 0.103. The molecule has 1 heterocycles. The predicted octanol–water partition coefficient (Wildman–Crippen LogP) is 3.75. The Bertz CT molecular complexity index is 822. The minimum Gasteiger partial charge on any atom is -0.354 e. The van der Waals surface area contributed by atoms with Gasteiger partial charge in [-0.2, -0.15) is 0 Å². The van der Waals surface area contributed by atoms with Crippen LogP contribution < -0.4 is 5.32 Å². The molecule has 0 bridgehead atoms. The Kier molecular flexibility index (Phi) is 3.63. The summed E-state index contributed by atoms with van der Waals surface area (Å²) in [5.41, 5.74) is 2.58. The molecule has 0 aliphatic heterocycles. The number of nitrogens with one attached hydrogen (secondary N) is 2. The van der Waals surface area contributed by atoms with E-state index in [1.807, 2.05) is 13.8 Å². The van der Waals surface area contributed by atoms with Crippen LogP contribution in [0.5, 0.6) is 0 Å².